The number of rotatable bonds is 8. The van der Waals surface area contributed by atoms with E-state index in [1.807, 2.05) is 12.1 Å². The maximum Gasteiger partial charge on any atom is 0.305 e. The first-order valence-corrected chi connectivity index (χ1v) is 14.3. The van der Waals surface area contributed by atoms with Gasteiger partial charge in [-0.05, 0) is 67.7 Å². The Morgan fingerprint density at radius 3 is 2.32 bits per heavy atom. The maximum atomic E-state index is 11.7. The molecule has 2 aromatic heterocycles. The molecule has 3 aromatic rings. The normalized spacial score (nSPS) is 14.9. The first-order valence-electron chi connectivity index (χ1n) is 11.6. The molecule has 0 aliphatic carbocycles. The van der Waals surface area contributed by atoms with Crippen molar-refractivity contribution in [3.63, 3.8) is 0 Å². The van der Waals surface area contributed by atoms with E-state index < -0.39 is 9.84 Å². The van der Waals surface area contributed by atoms with Gasteiger partial charge >= 0.3 is 5.97 Å². The van der Waals surface area contributed by atoms with Gasteiger partial charge in [0, 0.05) is 34.8 Å². The molecule has 1 aromatic carbocycles. The molecule has 1 N–H and O–H groups in total. The van der Waals surface area contributed by atoms with E-state index in [-0.39, 0.29) is 11.1 Å². The minimum atomic E-state index is -3.50. The third-order valence-electron chi connectivity index (χ3n) is 6.07. The fourth-order valence-corrected chi connectivity index (χ4v) is 5.25. The smallest absolute Gasteiger partial charge is 0.305 e. The molecule has 4 rings (SSSR count). The standard InChI is InChI=1S/C25H27Cl2N5O4S/c1-36-24(33)9-16-3-5-32(6-4-16)15-17-7-22(18-10-19(26)12-20(27)11-18)31-23(8-17)30-21-13-28-25(29-14-21)37(2,34)35/h7-8,10-14,16H,3-6,9,15H2,1-2H3,(H,30,31). The largest absolute Gasteiger partial charge is 0.469 e. The second kappa shape index (κ2) is 11.7. The predicted molar refractivity (Wildman–Crippen MR) is 143 cm³/mol. The van der Waals surface area contributed by atoms with E-state index in [0.717, 1.165) is 43.3 Å². The molecule has 1 fully saturated rings. The molecule has 0 saturated carbocycles. The Kier molecular flexibility index (Phi) is 8.63. The molecule has 196 valence electrons. The first kappa shape index (κ1) is 27.3. The van der Waals surface area contributed by atoms with Gasteiger partial charge in [-0.15, -0.1) is 0 Å². The molecule has 0 atom stereocenters. The van der Waals surface area contributed by atoms with Crippen molar-refractivity contribution < 1.29 is 17.9 Å². The summed E-state index contributed by atoms with van der Waals surface area (Å²) >= 11 is 12.5. The minimum Gasteiger partial charge on any atom is -0.469 e. The highest BCUT2D eigenvalue weighted by atomic mass is 35.5. The lowest BCUT2D eigenvalue weighted by atomic mass is 9.93. The third kappa shape index (κ3) is 7.61. The molecular weight excluding hydrogens is 537 g/mol. The number of likely N-dealkylation sites (tertiary alicyclic amines) is 1. The van der Waals surface area contributed by atoms with Crippen molar-refractivity contribution in [1.82, 2.24) is 19.9 Å². The molecule has 0 amide bonds. The Morgan fingerprint density at radius 2 is 1.73 bits per heavy atom. The molecule has 0 radical (unpaired) electrons. The van der Waals surface area contributed by atoms with Crippen molar-refractivity contribution >= 4 is 50.5 Å². The van der Waals surface area contributed by atoms with Gasteiger partial charge in [-0.3, -0.25) is 9.69 Å². The van der Waals surface area contributed by atoms with Crippen LogP contribution < -0.4 is 5.32 Å². The molecule has 12 heteroatoms. The number of esters is 1. The van der Waals surface area contributed by atoms with E-state index in [4.69, 9.17) is 32.9 Å². The number of benzene rings is 1. The monoisotopic (exact) mass is 563 g/mol. The average Bonchev–Trinajstić information content (AvgIpc) is 2.84. The number of methoxy groups -OCH3 is 1. The number of halogens is 2. The number of anilines is 2. The summed E-state index contributed by atoms with van der Waals surface area (Å²) in [6.07, 6.45) is 6.16. The van der Waals surface area contributed by atoms with Crippen LogP contribution in [0.4, 0.5) is 11.5 Å². The Bertz CT molecular complexity index is 1360. The zero-order chi connectivity index (χ0) is 26.6. The fraction of sp³-hybridized carbons (Fsp3) is 0.360. The Balaban J connectivity index is 1.57. The van der Waals surface area contributed by atoms with Crippen LogP contribution in [0.5, 0.6) is 0 Å². The van der Waals surface area contributed by atoms with Gasteiger partial charge in [-0.1, -0.05) is 23.2 Å². The van der Waals surface area contributed by atoms with Crippen LogP contribution in [0.3, 0.4) is 0 Å². The highest BCUT2D eigenvalue weighted by Crippen LogP contribution is 2.30. The molecule has 0 unspecified atom stereocenters. The van der Waals surface area contributed by atoms with Crippen molar-refractivity contribution in [3.05, 3.63) is 58.3 Å². The molecule has 3 heterocycles. The van der Waals surface area contributed by atoms with E-state index >= 15 is 0 Å². The summed E-state index contributed by atoms with van der Waals surface area (Å²) in [6.45, 7) is 2.42. The van der Waals surface area contributed by atoms with Crippen LogP contribution >= 0.6 is 23.2 Å². The second-order valence-corrected chi connectivity index (χ2v) is 11.8. The highest BCUT2D eigenvalue weighted by Gasteiger charge is 2.22. The van der Waals surface area contributed by atoms with Gasteiger partial charge < -0.3 is 10.1 Å². The van der Waals surface area contributed by atoms with Crippen molar-refractivity contribution in [3.8, 4) is 11.3 Å². The lowest BCUT2D eigenvalue weighted by Crippen LogP contribution is -2.34. The third-order valence-corrected chi connectivity index (χ3v) is 7.38. The predicted octanol–water partition coefficient (Wildman–Crippen LogP) is 4.77. The van der Waals surface area contributed by atoms with Gasteiger partial charge in [-0.25, -0.2) is 23.4 Å². The summed E-state index contributed by atoms with van der Waals surface area (Å²) in [5, 5.41) is 3.93. The van der Waals surface area contributed by atoms with Gasteiger partial charge in [-0.2, -0.15) is 0 Å². The number of pyridine rings is 1. The minimum absolute atomic E-state index is 0.165. The molecule has 0 spiro atoms. The summed E-state index contributed by atoms with van der Waals surface area (Å²) in [5.41, 5.74) is 2.96. The number of nitrogens with zero attached hydrogens (tertiary/aromatic N) is 4. The van der Waals surface area contributed by atoms with Crippen molar-refractivity contribution in [1.29, 1.82) is 0 Å². The lowest BCUT2D eigenvalue weighted by Gasteiger charge is -2.31. The number of hydrogen-bond acceptors (Lipinski definition) is 9. The SMILES string of the molecule is COC(=O)CC1CCN(Cc2cc(Nc3cnc(S(C)(=O)=O)nc3)nc(-c3cc(Cl)cc(Cl)c3)c2)CC1. The van der Waals surface area contributed by atoms with Crippen LogP contribution in [0.15, 0.2) is 47.9 Å². The summed E-state index contributed by atoms with van der Waals surface area (Å²) < 4.78 is 28.2. The zero-order valence-corrected chi connectivity index (χ0v) is 22.8. The number of carbonyl (C=O) groups excluding carboxylic acids is 1. The number of piperidine rings is 1. The lowest BCUT2D eigenvalue weighted by molar-refractivity contribution is -0.142. The Hall–Kier alpha value is -2.79. The van der Waals surface area contributed by atoms with Gasteiger partial charge in [0.25, 0.3) is 0 Å². The van der Waals surface area contributed by atoms with Gasteiger partial charge in [0.2, 0.25) is 15.0 Å². The van der Waals surface area contributed by atoms with Gasteiger partial charge in [0.15, 0.2) is 0 Å². The first-order chi connectivity index (χ1) is 17.6. The molecular formula is C25H27Cl2N5O4S. The van der Waals surface area contributed by atoms with E-state index in [0.29, 0.717) is 46.1 Å². The van der Waals surface area contributed by atoms with E-state index in [2.05, 4.69) is 20.2 Å². The van der Waals surface area contributed by atoms with Crippen LogP contribution in [-0.4, -0.2) is 60.7 Å². The fourth-order valence-electron chi connectivity index (χ4n) is 4.24. The van der Waals surface area contributed by atoms with E-state index in [1.165, 1.54) is 19.5 Å². The number of nitrogens with one attached hydrogen (secondary N) is 1. The van der Waals surface area contributed by atoms with Gasteiger partial charge in [0.1, 0.15) is 5.82 Å². The van der Waals surface area contributed by atoms with Crippen molar-refractivity contribution in [2.24, 2.45) is 5.92 Å². The number of carbonyl (C=O) groups is 1. The van der Waals surface area contributed by atoms with Crippen LogP contribution in [0, 0.1) is 5.92 Å². The molecule has 1 aliphatic heterocycles. The topological polar surface area (TPSA) is 114 Å². The highest BCUT2D eigenvalue weighted by molar-refractivity contribution is 7.90. The molecule has 0 bridgehead atoms. The molecule has 9 nitrogen and oxygen atoms in total. The van der Waals surface area contributed by atoms with Crippen LogP contribution in [0.1, 0.15) is 24.8 Å². The quantitative estimate of drug-likeness (QED) is 0.305. The molecule has 1 saturated heterocycles. The molecule has 1 aliphatic rings. The van der Waals surface area contributed by atoms with E-state index in [1.54, 1.807) is 18.2 Å². The summed E-state index contributed by atoms with van der Waals surface area (Å²) in [7, 11) is -2.08. The van der Waals surface area contributed by atoms with Crippen molar-refractivity contribution in [2.45, 2.75) is 31.0 Å². The van der Waals surface area contributed by atoms with Crippen LogP contribution in [0.2, 0.25) is 10.0 Å². The average molecular weight is 564 g/mol. The number of ether oxygens (including phenoxy) is 1. The Morgan fingerprint density at radius 1 is 1.08 bits per heavy atom. The number of hydrogen-bond donors (Lipinski definition) is 1. The van der Waals surface area contributed by atoms with Gasteiger partial charge in [0.05, 0.1) is 30.9 Å². The Labute approximate surface area is 226 Å². The summed E-state index contributed by atoms with van der Waals surface area (Å²) in [5.74, 6) is 0.707. The summed E-state index contributed by atoms with van der Waals surface area (Å²) in [6, 6.07) is 9.18. The van der Waals surface area contributed by atoms with Crippen LogP contribution in [0.25, 0.3) is 11.3 Å². The van der Waals surface area contributed by atoms with E-state index in [9.17, 15) is 13.2 Å². The van der Waals surface area contributed by atoms with Crippen LogP contribution in [-0.2, 0) is 25.9 Å². The zero-order valence-electron chi connectivity index (χ0n) is 20.4. The maximum absolute atomic E-state index is 11.7. The second-order valence-electron chi connectivity index (χ2n) is 9.06. The number of sulfone groups is 1. The number of aromatic nitrogens is 3. The molecule has 37 heavy (non-hydrogen) atoms. The summed E-state index contributed by atoms with van der Waals surface area (Å²) in [4.78, 5) is 26.6. The van der Waals surface area contributed by atoms with Crippen molar-refractivity contribution in [2.75, 3.05) is 31.8 Å².